The Hall–Kier alpha value is -2.03. The number of esters is 1. The molecule has 1 unspecified atom stereocenters. The number of fused-ring (bicyclic) bond motifs is 1. The highest BCUT2D eigenvalue weighted by Crippen LogP contribution is 2.33. The zero-order chi connectivity index (χ0) is 13.9. The Bertz CT molecular complexity index is 654. The minimum absolute atomic E-state index is 0.0292. The van der Waals surface area contributed by atoms with Gasteiger partial charge in [0.05, 0.1) is 18.0 Å². The maximum atomic E-state index is 11.8. The third-order valence-corrected chi connectivity index (χ3v) is 3.96. The molecule has 3 nitrogen and oxygen atoms in total. The molecule has 0 fully saturated rings. The number of carbonyl (C=O) groups is 1. The van der Waals surface area contributed by atoms with Crippen LogP contribution in [0.5, 0.6) is 0 Å². The summed E-state index contributed by atoms with van der Waals surface area (Å²) in [5, 5.41) is 1.23. The molecule has 0 aliphatic heterocycles. The molecule has 0 saturated heterocycles. The van der Waals surface area contributed by atoms with Gasteiger partial charge in [-0.3, -0.25) is 4.79 Å². The van der Waals surface area contributed by atoms with Crippen molar-refractivity contribution in [1.29, 1.82) is 0 Å². The molecule has 1 N–H and O–H groups in total. The first-order valence-electron chi connectivity index (χ1n) is 7.21. The third-order valence-electron chi connectivity index (χ3n) is 3.96. The van der Waals surface area contributed by atoms with Crippen LogP contribution in [0, 0.1) is 5.92 Å². The van der Waals surface area contributed by atoms with Gasteiger partial charge in [0.2, 0.25) is 0 Å². The third kappa shape index (κ3) is 2.36. The van der Waals surface area contributed by atoms with Gasteiger partial charge in [-0.1, -0.05) is 24.3 Å². The molecule has 1 heterocycles. The van der Waals surface area contributed by atoms with Crippen LogP contribution >= 0.6 is 0 Å². The van der Waals surface area contributed by atoms with E-state index in [-0.39, 0.29) is 11.9 Å². The standard InChI is InChI=1S/C17H19NO2/c1-2-20-17(19)14-8-6-12(7-9-14)15-5-3-4-13-10-11-18-16(13)15/h3-6,10-11,14,18H,2,7-9H2,1H3. The van der Waals surface area contributed by atoms with E-state index < -0.39 is 0 Å². The van der Waals surface area contributed by atoms with Crippen molar-refractivity contribution >= 4 is 22.4 Å². The van der Waals surface area contributed by atoms with E-state index in [4.69, 9.17) is 4.74 Å². The highest BCUT2D eigenvalue weighted by atomic mass is 16.5. The van der Waals surface area contributed by atoms with E-state index in [2.05, 4.69) is 35.3 Å². The lowest BCUT2D eigenvalue weighted by Gasteiger charge is -2.21. The second-order valence-electron chi connectivity index (χ2n) is 5.20. The van der Waals surface area contributed by atoms with Crippen molar-refractivity contribution in [2.45, 2.75) is 26.2 Å². The Kier molecular flexibility index (Phi) is 3.59. The number of aromatic nitrogens is 1. The van der Waals surface area contributed by atoms with Gasteiger partial charge < -0.3 is 9.72 Å². The summed E-state index contributed by atoms with van der Waals surface area (Å²) in [4.78, 5) is 15.1. The number of ether oxygens (including phenoxy) is 1. The SMILES string of the molecule is CCOC(=O)C1CC=C(c2cccc3cc[nH]c23)CC1. The Balaban J connectivity index is 1.83. The van der Waals surface area contributed by atoms with E-state index in [1.807, 2.05) is 13.1 Å². The number of hydrogen-bond acceptors (Lipinski definition) is 2. The van der Waals surface area contributed by atoms with Crippen LogP contribution < -0.4 is 0 Å². The molecule has 1 aromatic carbocycles. The first-order chi connectivity index (χ1) is 9.79. The molecular formula is C17H19NO2. The summed E-state index contributed by atoms with van der Waals surface area (Å²) in [6, 6.07) is 8.43. The van der Waals surface area contributed by atoms with Crippen molar-refractivity contribution in [3.63, 3.8) is 0 Å². The van der Waals surface area contributed by atoms with Gasteiger partial charge >= 0.3 is 5.97 Å². The topological polar surface area (TPSA) is 42.1 Å². The van der Waals surface area contributed by atoms with Crippen LogP contribution in [0.1, 0.15) is 31.7 Å². The first kappa shape index (κ1) is 13.0. The van der Waals surface area contributed by atoms with Gasteiger partial charge in [0.1, 0.15) is 0 Å². The number of para-hydroxylation sites is 1. The molecule has 1 aromatic heterocycles. The highest BCUT2D eigenvalue weighted by molar-refractivity contribution is 5.91. The lowest BCUT2D eigenvalue weighted by atomic mass is 9.86. The van der Waals surface area contributed by atoms with Gasteiger partial charge in [0.15, 0.2) is 0 Å². The summed E-state index contributed by atoms with van der Waals surface area (Å²) in [5.41, 5.74) is 3.78. The minimum atomic E-state index is -0.0547. The van der Waals surface area contributed by atoms with E-state index in [0.717, 1.165) is 19.3 Å². The lowest BCUT2D eigenvalue weighted by Crippen LogP contribution is -2.19. The Morgan fingerprint density at radius 3 is 3.05 bits per heavy atom. The summed E-state index contributed by atoms with van der Waals surface area (Å²) < 4.78 is 5.11. The predicted octanol–water partition coefficient (Wildman–Crippen LogP) is 3.91. The van der Waals surface area contributed by atoms with Crippen LogP contribution in [0.15, 0.2) is 36.5 Å². The van der Waals surface area contributed by atoms with Crippen molar-refractivity contribution in [1.82, 2.24) is 4.98 Å². The zero-order valence-electron chi connectivity index (χ0n) is 11.7. The van der Waals surface area contributed by atoms with E-state index >= 15 is 0 Å². The Labute approximate surface area is 118 Å². The molecule has 3 heteroatoms. The normalized spacial score (nSPS) is 18.9. The van der Waals surface area contributed by atoms with Crippen molar-refractivity contribution in [3.05, 3.63) is 42.1 Å². The number of benzene rings is 1. The van der Waals surface area contributed by atoms with E-state index in [9.17, 15) is 4.79 Å². The number of rotatable bonds is 3. The molecular weight excluding hydrogens is 250 g/mol. The quantitative estimate of drug-likeness (QED) is 0.858. The van der Waals surface area contributed by atoms with Gasteiger partial charge in [-0.25, -0.2) is 0 Å². The van der Waals surface area contributed by atoms with Crippen molar-refractivity contribution in [2.75, 3.05) is 6.61 Å². The number of hydrogen-bond donors (Lipinski definition) is 1. The molecule has 0 amide bonds. The fourth-order valence-corrected chi connectivity index (χ4v) is 2.91. The fraction of sp³-hybridized carbons (Fsp3) is 0.353. The predicted molar refractivity (Wildman–Crippen MR) is 80.2 cm³/mol. The summed E-state index contributed by atoms with van der Waals surface area (Å²) >= 11 is 0. The molecule has 1 aliphatic rings. The summed E-state index contributed by atoms with van der Waals surface area (Å²) in [6.45, 7) is 2.32. The molecule has 0 bridgehead atoms. The number of nitrogens with one attached hydrogen (secondary N) is 1. The molecule has 2 aromatic rings. The molecule has 20 heavy (non-hydrogen) atoms. The average molecular weight is 269 g/mol. The van der Waals surface area contributed by atoms with Gasteiger partial charge in [-0.15, -0.1) is 0 Å². The van der Waals surface area contributed by atoms with Crippen LogP contribution in [0.2, 0.25) is 0 Å². The molecule has 0 saturated carbocycles. The maximum absolute atomic E-state index is 11.8. The van der Waals surface area contributed by atoms with E-state index in [1.165, 1.54) is 22.0 Å². The monoisotopic (exact) mass is 269 g/mol. The average Bonchev–Trinajstić information content (AvgIpc) is 2.96. The molecule has 1 atom stereocenters. The van der Waals surface area contributed by atoms with Gasteiger partial charge in [-0.05, 0) is 43.2 Å². The number of H-pyrrole nitrogens is 1. The molecule has 1 aliphatic carbocycles. The van der Waals surface area contributed by atoms with Crippen LogP contribution in [0.3, 0.4) is 0 Å². The van der Waals surface area contributed by atoms with Crippen molar-refractivity contribution < 1.29 is 9.53 Å². The summed E-state index contributed by atoms with van der Waals surface area (Å²) in [5.74, 6) is -0.0255. The smallest absolute Gasteiger partial charge is 0.309 e. The van der Waals surface area contributed by atoms with Crippen molar-refractivity contribution in [2.24, 2.45) is 5.92 Å². The largest absolute Gasteiger partial charge is 0.466 e. The molecule has 0 radical (unpaired) electrons. The second kappa shape index (κ2) is 5.53. The van der Waals surface area contributed by atoms with Crippen LogP contribution in [-0.4, -0.2) is 17.6 Å². The minimum Gasteiger partial charge on any atom is -0.466 e. The zero-order valence-corrected chi connectivity index (χ0v) is 11.7. The number of aromatic amines is 1. The molecule has 3 rings (SSSR count). The number of carbonyl (C=O) groups excluding carboxylic acids is 1. The van der Waals surface area contributed by atoms with Crippen molar-refractivity contribution in [3.8, 4) is 0 Å². The fourth-order valence-electron chi connectivity index (χ4n) is 2.91. The Morgan fingerprint density at radius 2 is 2.30 bits per heavy atom. The highest BCUT2D eigenvalue weighted by Gasteiger charge is 2.23. The number of allylic oxidation sites excluding steroid dienone is 2. The van der Waals surface area contributed by atoms with Crippen LogP contribution in [0.4, 0.5) is 0 Å². The van der Waals surface area contributed by atoms with Gasteiger partial charge in [-0.2, -0.15) is 0 Å². The van der Waals surface area contributed by atoms with Gasteiger partial charge in [0, 0.05) is 11.8 Å². The van der Waals surface area contributed by atoms with E-state index in [1.54, 1.807) is 0 Å². The summed E-state index contributed by atoms with van der Waals surface area (Å²) in [6.07, 6.45) is 6.76. The van der Waals surface area contributed by atoms with Gasteiger partial charge in [0.25, 0.3) is 0 Å². The van der Waals surface area contributed by atoms with Crippen LogP contribution in [-0.2, 0) is 9.53 Å². The van der Waals surface area contributed by atoms with Crippen LogP contribution in [0.25, 0.3) is 16.5 Å². The second-order valence-corrected chi connectivity index (χ2v) is 5.20. The summed E-state index contributed by atoms with van der Waals surface area (Å²) in [7, 11) is 0. The molecule has 0 spiro atoms. The maximum Gasteiger partial charge on any atom is 0.309 e. The van der Waals surface area contributed by atoms with E-state index in [0.29, 0.717) is 6.61 Å². The first-order valence-corrected chi connectivity index (χ1v) is 7.21. The lowest BCUT2D eigenvalue weighted by molar-refractivity contribution is -0.148. The Morgan fingerprint density at radius 1 is 1.40 bits per heavy atom. The molecule has 104 valence electrons.